The molecular formula is C17H26BrIN4O. The summed E-state index contributed by atoms with van der Waals surface area (Å²) in [5.74, 6) is 1.62. The van der Waals surface area contributed by atoms with E-state index in [1.54, 1.807) is 0 Å². The third kappa shape index (κ3) is 8.32. The van der Waals surface area contributed by atoms with Crippen molar-refractivity contribution in [2.24, 2.45) is 10.9 Å². The van der Waals surface area contributed by atoms with Crippen molar-refractivity contribution in [3.63, 3.8) is 0 Å². The number of rotatable bonds is 8. The quantitative estimate of drug-likeness (QED) is 0.219. The van der Waals surface area contributed by atoms with Gasteiger partial charge in [0, 0.05) is 36.2 Å². The van der Waals surface area contributed by atoms with Crippen LogP contribution in [0.2, 0.25) is 0 Å². The predicted octanol–water partition coefficient (Wildman–Crippen LogP) is 3.15. The number of amides is 1. The van der Waals surface area contributed by atoms with Crippen LogP contribution in [0.15, 0.2) is 33.7 Å². The van der Waals surface area contributed by atoms with Crippen LogP contribution in [0.1, 0.15) is 36.5 Å². The fourth-order valence-corrected chi connectivity index (χ4v) is 2.49. The molecule has 0 aliphatic heterocycles. The number of benzene rings is 1. The average Bonchev–Trinajstić information content (AvgIpc) is 3.36. The van der Waals surface area contributed by atoms with Gasteiger partial charge in [-0.15, -0.1) is 24.0 Å². The summed E-state index contributed by atoms with van der Waals surface area (Å²) in [5.41, 5.74) is 0.673. The zero-order chi connectivity index (χ0) is 16.5. The van der Waals surface area contributed by atoms with E-state index in [1.807, 2.05) is 24.3 Å². The summed E-state index contributed by atoms with van der Waals surface area (Å²) in [5, 5.41) is 9.48. The highest BCUT2D eigenvalue weighted by atomic mass is 127. The third-order valence-electron chi connectivity index (χ3n) is 3.57. The van der Waals surface area contributed by atoms with Crippen LogP contribution in [0.4, 0.5) is 0 Å². The lowest BCUT2D eigenvalue weighted by Crippen LogP contribution is -2.39. The van der Waals surface area contributed by atoms with Crippen molar-refractivity contribution in [1.82, 2.24) is 16.0 Å². The summed E-state index contributed by atoms with van der Waals surface area (Å²) in [6.07, 6.45) is 3.47. The SMILES string of the molecule is CCNC(=NCC1CC1)NCCCNC(=O)c1cccc(Br)c1.I. The van der Waals surface area contributed by atoms with E-state index in [0.29, 0.717) is 12.1 Å². The largest absolute Gasteiger partial charge is 0.357 e. The van der Waals surface area contributed by atoms with Gasteiger partial charge < -0.3 is 16.0 Å². The molecule has 0 bridgehead atoms. The fourth-order valence-electron chi connectivity index (χ4n) is 2.09. The van der Waals surface area contributed by atoms with Crippen LogP contribution in [0.25, 0.3) is 0 Å². The Morgan fingerprint density at radius 3 is 2.67 bits per heavy atom. The van der Waals surface area contributed by atoms with E-state index >= 15 is 0 Å². The van der Waals surface area contributed by atoms with Gasteiger partial charge in [-0.05, 0) is 50.3 Å². The van der Waals surface area contributed by atoms with E-state index in [4.69, 9.17) is 0 Å². The normalized spacial score (nSPS) is 13.8. The first-order valence-corrected chi connectivity index (χ1v) is 9.04. The zero-order valence-corrected chi connectivity index (χ0v) is 17.9. The van der Waals surface area contributed by atoms with Crippen molar-refractivity contribution in [3.05, 3.63) is 34.3 Å². The Balaban J connectivity index is 0.00000288. The molecule has 0 atom stereocenters. The molecule has 24 heavy (non-hydrogen) atoms. The second-order valence-corrected chi connectivity index (χ2v) is 6.63. The van der Waals surface area contributed by atoms with E-state index in [2.05, 4.69) is 43.8 Å². The molecule has 5 nitrogen and oxygen atoms in total. The van der Waals surface area contributed by atoms with Crippen molar-refractivity contribution in [3.8, 4) is 0 Å². The van der Waals surface area contributed by atoms with Gasteiger partial charge in [0.1, 0.15) is 0 Å². The first-order chi connectivity index (χ1) is 11.2. The van der Waals surface area contributed by atoms with Gasteiger partial charge in [0.25, 0.3) is 5.91 Å². The van der Waals surface area contributed by atoms with Crippen LogP contribution in [-0.2, 0) is 0 Å². The van der Waals surface area contributed by atoms with Gasteiger partial charge in [-0.2, -0.15) is 0 Å². The molecule has 0 radical (unpaired) electrons. The highest BCUT2D eigenvalue weighted by molar-refractivity contribution is 14.0. The van der Waals surface area contributed by atoms with Crippen molar-refractivity contribution < 1.29 is 4.79 Å². The number of hydrogen-bond donors (Lipinski definition) is 3. The molecule has 1 saturated carbocycles. The Kier molecular flexibility index (Phi) is 10.3. The minimum Gasteiger partial charge on any atom is -0.357 e. The van der Waals surface area contributed by atoms with Gasteiger partial charge in [-0.25, -0.2) is 0 Å². The van der Waals surface area contributed by atoms with Crippen molar-refractivity contribution >= 4 is 51.8 Å². The van der Waals surface area contributed by atoms with Crippen LogP contribution in [0.5, 0.6) is 0 Å². The van der Waals surface area contributed by atoms with Crippen molar-refractivity contribution in [2.75, 3.05) is 26.2 Å². The minimum atomic E-state index is -0.0411. The Morgan fingerprint density at radius 1 is 1.25 bits per heavy atom. The third-order valence-corrected chi connectivity index (χ3v) is 4.06. The van der Waals surface area contributed by atoms with E-state index < -0.39 is 0 Å². The molecule has 0 saturated heterocycles. The molecule has 0 unspecified atom stereocenters. The first kappa shape index (κ1) is 21.2. The molecular weight excluding hydrogens is 483 g/mol. The minimum absolute atomic E-state index is 0. The summed E-state index contributed by atoms with van der Waals surface area (Å²) in [4.78, 5) is 16.6. The molecule has 0 spiro atoms. The number of carbonyl (C=O) groups excluding carboxylic acids is 1. The Morgan fingerprint density at radius 2 is 2.00 bits per heavy atom. The number of hydrogen-bond acceptors (Lipinski definition) is 2. The fraction of sp³-hybridized carbons (Fsp3) is 0.529. The summed E-state index contributed by atoms with van der Waals surface area (Å²) in [6, 6.07) is 7.40. The smallest absolute Gasteiger partial charge is 0.251 e. The maximum atomic E-state index is 12.0. The number of halogens is 2. The molecule has 1 aromatic carbocycles. The molecule has 1 aliphatic carbocycles. The van der Waals surface area contributed by atoms with Gasteiger partial charge >= 0.3 is 0 Å². The van der Waals surface area contributed by atoms with Crippen LogP contribution >= 0.6 is 39.9 Å². The molecule has 0 aromatic heterocycles. The highest BCUT2D eigenvalue weighted by Crippen LogP contribution is 2.28. The van der Waals surface area contributed by atoms with Crippen LogP contribution in [0, 0.1) is 5.92 Å². The zero-order valence-electron chi connectivity index (χ0n) is 14.0. The lowest BCUT2D eigenvalue weighted by molar-refractivity contribution is 0.0953. The average molecular weight is 509 g/mol. The summed E-state index contributed by atoms with van der Waals surface area (Å²) in [6.45, 7) is 5.26. The lowest BCUT2D eigenvalue weighted by Gasteiger charge is -2.11. The second kappa shape index (κ2) is 11.7. The molecule has 0 heterocycles. The Bertz CT molecular complexity index is 549. The van der Waals surface area contributed by atoms with Crippen molar-refractivity contribution in [1.29, 1.82) is 0 Å². The second-order valence-electron chi connectivity index (χ2n) is 5.71. The monoisotopic (exact) mass is 508 g/mol. The molecule has 1 aliphatic rings. The standard InChI is InChI=1S/C17H25BrN4O.HI/c1-2-19-17(22-12-13-7-8-13)21-10-4-9-20-16(23)14-5-3-6-15(18)11-14;/h3,5-6,11,13H,2,4,7-10,12H2,1H3,(H,20,23)(H2,19,21,22);1H. The maximum absolute atomic E-state index is 12.0. The van der Waals surface area contributed by atoms with Crippen LogP contribution in [-0.4, -0.2) is 38.0 Å². The lowest BCUT2D eigenvalue weighted by atomic mass is 10.2. The molecule has 3 N–H and O–H groups in total. The molecule has 134 valence electrons. The van der Waals surface area contributed by atoms with Gasteiger partial charge in [0.15, 0.2) is 5.96 Å². The Hall–Kier alpha value is -0.830. The number of carbonyl (C=O) groups is 1. The van der Waals surface area contributed by atoms with E-state index in [9.17, 15) is 4.79 Å². The van der Waals surface area contributed by atoms with Gasteiger partial charge in [-0.3, -0.25) is 9.79 Å². The first-order valence-electron chi connectivity index (χ1n) is 8.25. The molecule has 7 heteroatoms. The van der Waals surface area contributed by atoms with Crippen molar-refractivity contribution in [2.45, 2.75) is 26.2 Å². The van der Waals surface area contributed by atoms with Gasteiger partial charge in [0.2, 0.25) is 0 Å². The molecule has 1 amide bonds. The van der Waals surface area contributed by atoms with E-state index in [-0.39, 0.29) is 29.9 Å². The summed E-state index contributed by atoms with van der Waals surface area (Å²) < 4.78 is 0.911. The predicted molar refractivity (Wildman–Crippen MR) is 113 cm³/mol. The molecule has 1 fully saturated rings. The van der Waals surface area contributed by atoms with Crippen LogP contribution in [0.3, 0.4) is 0 Å². The number of guanidine groups is 1. The number of aliphatic imine (C=N–C) groups is 1. The van der Waals surface area contributed by atoms with Crippen LogP contribution < -0.4 is 16.0 Å². The number of nitrogens with one attached hydrogen (secondary N) is 3. The van der Waals surface area contributed by atoms with E-state index in [1.165, 1.54) is 12.8 Å². The van der Waals surface area contributed by atoms with Gasteiger partial charge in [-0.1, -0.05) is 22.0 Å². The van der Waals surface area contributed by atoms with E-state index in [0.717, 1.165) is 42.4 Å². The molecule has 2 rings (SSSR count). The maximum Gasteiger partial charge on any atom is 0.251 e. The Labute approximate surface area is 169 Å². The summed E-state index contributed by atoms with van der Waals surface area (Å²) >= 11 is 3.37. The topological polar surface area (TPSA) is 65.5 Å². The molecule has 1 aromatic rings. The highest BCUT2D eigenvalue weighted by Gasteiger charge is 2.20. The van der Waals surface area contributed by atoms with Gasteiger partial charge in [0.05, 0.1) is 0 Å². The summed E-state index contributed by atoms with van der Waals surface area (Å²) in [7, 11) is 0. The number of nitrogens with zero attached hydrogens (tertiary/aromatic N) is 1.